The third-order valence-electron chi connectivity index (χ3n) is 2.74. The minimum absolute atomic E-state index is 0.0720. The van der Waals surface area contributed by atoms with Crippen LogP contribution in [-0.4, -0.2) is 48.1 Å². The summed E-state index contributed by atoms with van der Waals surface area (Å²) in [6, 6.07) is 3.15. The average Bonchev–Trinajstić information content (AvgIpc) is 2.88. The number of nitrogens with zero attached hydrogens (tertiary/aromatic N) is 1. The van der Waals surface area contributed by atoms with E-state index >= 15 is 0 Å². The molecule has 0 aliphatic carbocycles. The number of aliphatic hydroxyl groups excluding tert-OH is 1. The van der Waals surface area contributed by atoms with Crippen molar-refractivity contribution in [1.29, 1.82) is 0 Å². The van der Waals surface area contributed by atoms with Crippen molar-refractivity contribution in [3.8, 4) is 0 Å². The van der Waals surface area contributed by atoms with Crippen molar-refractivity contribution in [1.82, 2.24) is 10.2 Å². The Kier molecular flexibility index (Phi) is 5.57. The molecule has 0 aliphatic rings. The predicted molar refractivity (Wildman–Crippen MR) is 69.5 cm³/mol. The van der Waals surface area contributed by atoms with Crippen LogP contribution in [0.5, 0.6) is 0 Å². The molecule has 19 heavy (non-hydrogen) atoms. The van der Waals surface area contributed by atoms with Gasteiger partial charge in [-0.25, -0.2) is 0 Å². The maximum absolute atomic E-state index is 11.8. The molecule has 2 N–H and O–H groups in total. The van der Waals surface area contributed by atoms with E-state index in [-0.39, 0.29) is 36.6 Å². The van der Waals surface area contributed by atoms with Crippen LogP contribution < -0.4 is 5.32 Å². The molecular formula is C13H20N2O4. The summed E-state index contributed by atoms with van der Waals surface area (Å²) in [7, 11) is 1.52. The number of hydrogen-bond donors (Lipinski definition) is 2. The Hall–Kier alpha value is -1.82. The van der Waals surface area contributed by atoms with E-state index in [2.05, 4.69) is 5.32 Å². The second-order valence-electron chi connectivity index (χ2n) is 4.75. The van der Waals surface area contributed by atoms with E-state index in [0.717, 1.165) is 0 Å². The van der Waals surface area contributed by atoms with E-state index in [4.69, 9.17) is 4.42 Å². The molecule has 1 unspecified atom stereocenters. The average molecular weight is 268 g/mol. The molecule has 0 saturated carbocycles. The van der Waals surface area contributed by atoms with Crippen molar-refractivity contribution in [2.24, 2.45) is 5.92 Å². The number of amides is 2. The summed E-state index contributed by atoms with van der Waals surface area (Å²) >= 11 is 0. The molecule has 0 aromatic carbocycles. The minimum Gasteiger partial charge on any atom is -0.459 e. The third kappa shape index (κ3) is 4.75. The van der Waals surface area contributed by atoms with Gasteiger partial charge in [-0.2, -0.15) is 0 Å². The van der Waals surface area contributed by atoms with Crippen LogP contribution >= 0.6 is 0 Å². The molecule has 0 spiro atoms. The number of carbonyl (C=O) groups excluding carboxylic acids is 2. The van der Waals surface area contributed by atoms with Gasteiger partial charge in [0.15, 0.2) is 5.76 Å². The van der Waals surface area contributed by atoms with Crippen LogP contribution in [-0.2, 0) is 4.79 Å². The second kappa shape index (κ2) is 6.94. The number of rotatable bonds is 6. The first kappa shape index (κ1) is 15.2. The van der Waals surface area contributed by atoms with Gasteiger partial charge in [0.1, 0.15) is 0 Å². The lowest BCUT2D eigenvalue weighted by atomic mass is 10.1. The van der Waals surface area contributed by atoms with Gasteiger partial charge in [-0.3, -0.25) is 9.59 Å². The molecule has 1 heterocycles. The van der Waals surface area contributed by atoms with Gasteiger partial charge in [-0.15, -0.1) is 0 Å². The van der Waals surface area contributed by atoms with Crippen molar-refractivity contribution in [2.45, 2.75) is 20.0 Å². The molecule has 6 nitrogen and oxygen atoms in total. The van der Waals surface area contributed by atoms with Gasteiger partial charge < -0.3 is 19.7 Å². The van der Waals surface area contributed by atoms with Gasteiger partial charge in [-0.05, 0) is 18.1 Å². The normalized spacial score (nSPS) is 12.3. The minimum atomic E-state index is -0.588. The number of nitrogens with one attached hydrogen (secondary N) is 1. The van der Waals surface area contributed by atoms with Gasteiger partial charge >= 0.3 is 0 Å². The van der Waals surface area contributed by atoms with E-state index in [1.165, 1.54) is 18.2 Å². The van der Waals surface area contributed by atoms with E-state index in [1.807, 2.05) is 13.8 Å². The molecule has 0 radical (unpaired) electrons. The monoisotopic (exact) mass is 268 g/mol. The first-order valence-corrected chi connectivity index (χ1v) is 6.15. The molecule has 0 bridgehead atoms. The maximum Gasteiger partial charge on any atom is 0.289 e. The fourth-order valence-corrected chi connectivity index (χ4v) is 1.39. The summed E-state index contributed by atoms with van der Waals surface area (Å²) in [6.07, 6.45) is 0.815. The summed E-state index contributed by atoms with van der Waals surface area (Å²) in [4.78, 5) is 24.7. The largest absolute Gasteiger partial charge is 0.459 e. The molecule has 1 aromatic heterocycles. The first-order chi connectivity index (χ1) is 8.91. The summed E-state index contributed by atoms with van der Waals surface area (Å²) in [5, 5.41) is 12.1. The van der Waals surface area contributed by atoms with Crippen molar-refractivity contribution >= 4 is 11.8 Å². The highest BCUT2D eigenvalue weighted by molar-refractivity contribution is 5.94. The fraction of sp³-hybridized carbons (Fsp3) is 0.538. The zero-order valence-electron chi connectivity index (χ0n) is 11.4. The van der Waals surface area contributed by atoms with Gasteiger partial charge in [0.25, 0.3) is 5.91 Å². The highest BCUT2D eigenvalue weighted by Gasteiger charge is 2.17. The molecule has 1 rings (SSSR count). The Morgan fingerprint density at radius 1 is 1.47 bits per heavy atom. The Balaban J connectivity index is 2.38. The van der Waals surface area contributed by atoms with Gasteiger partial charge in [0, 0.05) is 13.6 Å². The van der Waals surface area contributed by atoms with E-state index in [1.54, 1.807) is 12.1 Å². The predicted octanol–water partition coefficient (Wildman–Crippen LogP) is 0.485. The summed E-state index contributed by atoms with van der Waals surface area (Å²) in [5.74, 6) is -0.410. The number of hydrogen-bond acceptors (Lipinski definition) is 4. The van der Waals surface area contributed by atoms with Crippen molar-refractivity contribution < 1.29 is 19.1 Å². The maximum atomic E-state index is 11.8. The fourth-order valence-electron chi connectivity index (χ4n) is 1.39. The molecule has 6 heteroatoms. The quantitative estimate of drug-likeness (QED) is 0.786. The summed E-state index contributed by atoms with van der Waals surface area (Å²) in [6.45, 7) is 3.83. The van der Waals surface area contributed by atoms with Gasteiger partial charge in [0.2, 0.25) is 5.91 Å². The Labute approximate surface area is 112 Å². The van der Waals surface area contributed by atoms with Crippen molar-refractivity contribution in [2.75, 3.05) is 20.1 Å². The SMILES string of the molecule is CC(C)C(O)CNC(=O)CN(C)C(=O)c1ccco1. The highest BCUT2D eigenvalue weighted by Crippen LogP contribution is 2.04. The molecule has 0 aliphatic heterocycles. The van der Waals surface area contributed by atoms with Crippen LogP contribution in [0.3, 0.4) is 0 Å². The molecule has 1 aromatic rings. The lowest BCUT2D eigenvalue weighted by Gasteiger charge is -2.18. The Morgan fingerprint density at radius 2 is 2.16 bits per heavy atom. The summed E-state index contributed by atoms with van der Waals surface area (Å²) in [5.41, 5.74) is 0. The van der Waals surface area contributed by atoms with E-state index < -0.39 is 6.10 Å². The van der Waals surface area contributed by atoms with Crippen LogP contribution in [0.15, 0.2) is 22.8 Å². The molecular weight excluding hydrogens is 248 g/mol. The number of furan rings is 1. The molecule has 0 saturated heterocycles. The van der Waals surface area contributed by atoms with Crippen molar-refractivity contribution in [3.05, 3.63) is 24.2 Å². The number of aliphatic hydroxyl groups is 1. The number of carbonyl (C=O) groups is 2. The van der Waals surface area contributed by atoms with Gasteiger partial charge in [0.05, 0.1) is 18.9 Å². The zero-order valence-corrected chi connectivity index (χ0v) is 11.4. The topological polar surface area (TPSA) is 82.8 Å². The second-order valence-corrected chi connectivity index (χ2v) is 4.75. The molecule has 1 atom stereocenters. The summed E-state index contributed by atoms with van der Waals surface area (Å²) < 4.78 is 4.96. The molecule has 2 amide bonds. The molecule has 106 valence electrons. The standard InChI is InChI=1S/C13H20N2O4/c1-9(2)10(16)7-14-12(17)8-15(3)13(18)11-5-4-6-19-11/h4-6,9-10,16H,7-8H2,1-3H3,(H,14,17). The van der Waals surface area contributed by atoms with Crippen LogP contribution in [0.25, 0.3) is 0 Å². The Bertz CT molecular complexity index is 414. The van der Waals surface area contributed by atoms with E-state index in [0.29, 0.717) is 0 Å². The lowest BCUT2D eigenvalue weighted by molar-refractivity contribution is -0.122. The van der Waals surface area contributed by atoms with Crippen LogP contribution in [0, 0.1) is 5.92 Å². The molecule has 0 fully saturated rings. The zero-order chi connectivity index (χ0) is 14.4. The lowest BCUT2D eigenvalue weighted by Crippen LogP contribution is -2.41. The third-order valence-corrected chi connectivity index (χ3v) is 2.74. The number of likely N-dealkylation sites (N-methyl/N-ethyl adjacent to an activating group) is 1. The Morgan fingerprint density at radius 3 is 2.68 bits per heavy atom. The van der Waals surface area contributed by atoms with Gasteiger partial charge in [-0.1, -0.05) is 13.8 Å². The first-order valence-electron chi connectivity index (χ1n) is 6.15. The van der Waals surface area contributed by atoms with Crippen LogP contribution in [0.2, 0.25) is 0 Å². The smallest absolute Gasteiger partial charge is 0.289 e. The van der Waals surface area contributed by atoms with Crippen molar-refractivity contribution in [3.63, 3.8) is 0 Å². The highest BCUT2D eigenvalue weighted by atomic mass is 16.3. The van der Waals surface area contributed by atoms with E-state index in [9.17, 15) is 14.7 Å². The van der Waals surface area contributed by atoms with Crippen LogP contribution in [0.1, 0.15) is 24.4 Å². The van der Waals surface area contributed by atoms with Crippen LogP contribution in [0.4, 0.5) is 0 Å².